The van der Waals surface area contributed by atoms with E-state index in [-0.39, 0.29) is 17.3 Å². The van der Waals surface area contributed by atoms with Crippen molar-refractivity contribution in [2.45, 2.75) is 18.7 Å². The van der Waals surface area contributed by atoms with Crippen LogP contribution >= 0.6 is 0 Å². The third-order valence-corrected chi connectivity index (χ3v) is 4.60. The lowest BCUT2D eigenvalue weighted by Crippen LogP contribution is -2.24. The maximum Gasteiger partial charge on any atom is 0.241 e. The van der Waals surface area contributed by atoms with Crippen molar-refractivity contribution in [1.29, 1.82) is 0 Å². The fourth-order valence-electron chi connectivity index (χ4n) is 1.89. The minimum absolute atomic E-state index is 0.00685. The SMILES string of the molecule is Cc1ccc(C)c(S(=O)(=O)NCC#Cc2ccc(F)cc2)c1. The Morgan fingerprint density at radius 1 is 1.09 bits per heavy atom. The van der Waals surface area contributed by atoms with Crippen molar-refractivity contribution in [2.75, 3.05) is 6.54 Å². The molecule has 0 saturated carbocycles. The summed E-state index contributed by atoms with van der Waals surface area (Å²) < 4.78 is 39.7. The first-order valence-corrected chi connectivity index (χ1v) is 8.18. The van der Waals surface area contributed by atoms with Crippen LogP contribution in [0.4, 0.5) is 4.39 Å². The summed E-state index contributed by atoms with van der Waals surface area (Å²) in [5.41, 5.74) is 2.19. The summed E-state index contributed by atoms with van der Waals surface area (Å²) in [4.78, 5) is 0.260. The molecule has 22 heavy (non-hydrogen) atoms. The summed E-state index contributed by atoms with van der Waals surface area (Å²) in [5.74, 6) is 5.16. The van der Waals surface area contributed by atoms with E-state index in [1.165, 1.54) is 12.1 Å². The zero-order chi connectivity index (χ0) is 16.2. The number of benzene rings is 2. The molecule has 0 saturated heterocycles. The maximum atomic E-state index is 12.7. The molecule has 114 valence electrons. The molecule has 0 amide bonds. The second kappa shape index (κ2) is 6.73. The molecule has 0 aromatic heterocycles. The minimum atomic E-state index is -3.59. The van der Waals surface area contributed by atoms with Gasteiger partial charge in [0.25, 0.3) is 0 Å². The molecule has 0 bridgehead atoms. The normalized spacial score (nSPS) is 10.9. The number of hydrogen-bond acceptors (Lipinski definition) is 2. The minimum Gasteiger partial charge on any atom is -0.207 e. The first-order chi connectivity index (χ1) is 10.4. The van der Waals surface area contributed by atoms with Crippen LogP contribution in [0.15, 0.2) is 47.4 Å². The van der Waals surface area contributed by atoms with Gasteiger partial charge in [-0.2, -0.15) is 4.72 Å². The fourth-order valence-corrected chi connectivity index (χ4v) is 3.14. The Bertz CT molecular complexity index is 831. The van der Waals surface area contributed by atoms with Gasteiger partial charge in [-0.25, -0.2) is 12.8 Å². The lowest BCUT2D eigenvalue weighted by atomic mass is 10.2. The highest BCUT2D eigenvalue weighted by Gasteiger charge is 2.15. The van der Waals surface area contributed by atoms with E-state index in [9.17, 15) is 12.8 Å². The summed E-state index contributed by atoms with van der Waals surface area (Å²) in [5, 5.41) is 0. The molecular formula is C17H16FNO2S. The van der Waals surface area contributed by atoms with Crippen molar-refractivity contribution in [3.05, 3.63) is 65.0 Å². The monoisotopic (exact) mass is 317 g/mol. The molecule has 0 atom stereocenters. The molecule has 0 aliphatic carbocycles. The lowest BCUT2D eigenvalue weighted by molar-refractivity contribution is 0.585. The van der Waals surface area contributed by atoms with Gasteiger partial charge in [0.2, 0.25) is 10.0 Å². The van der Waals surface area contributed by atoms with Gasteiger partial charge in [0.1, 0.15) is 5.82 Å². The number of rotatable bonds is 3. The summed E-state index contributed by atoms with van der Waals surface area (Å²) in [6.45, 7) is 3.58. The van der Waals surface area contributed by atoms with E-state index in [0.29, 0.717) is 11.1 Å². The van der Waals surface area contributed by atoms with Crippen molar-refractivity contribution in [2.24, 2.45) is 0 Å². The third-order valence-electron chi connectivity index (χ3n) is 3.06. The Morgan fingerprint density at radius 3 is 2.45 bits per heavy atom. The number of halogens is 1. The van der Waals surface area contributed by atoms with Crippen LogP contribution in [0.5, 0.6) is 0 Å². The quantitative estimate of drug-likeness (QED) is 0.885. The zero-order valence-electron chi connectivity index (χ0n) is 12.4. The van der Waals surface area contributed by atoms with Crippen molar-refractivity contribution >= 4 is 10.0 Å². The van der Waals surface area contributed by atoms with E-state index in [1.54, 1.807) is 31.2 Å². The van der Waals surface area contributed by atoms with Crippen molar-refractivity contribution < 1.29 is 12.8 Å². The summed E-state index contributed by atoms with van der Waals surface area (Å²) >= 11 is 0. The van der Waals surface area contributed by atoms with Gasteiger partial charge < -0.3 is 0 Å². The first kappa shape index (κ1) is 16.2. The van der Waals surface area contributed by atoms with Gasteiger partial charge in [0.15, 0.2) is 0 Å². The number of sulfonamides is 1. The van der Waals surface area contributed by atoms with Gasteiger partial charge in [-0.05, 0) is 55.3 Å². The molecule has 0 spiro atoms. The topological polar surface area (TPSA) is 46.2 Å². The molecule has 0 unspecified atom stereocenters. The Labute approximate surface area is 130 Å². The maximum absolute atomic E-state index is 12.7. The van der Waals surface area contributed by atoms with Crippen LogP contribution in [-0.4, -0.2) is 15.0 Å². The van der Waals surface area contributed by atoms with E-state index in [1.807, 2.05) is 13.0 Å². The molecule has 3 nitrogen and oxygen atoms in total. The van der Waals surface area contributed by atoms with Crippen LogP contribution in [0.1, 0.15) is 16.7 Å². The van der Waals surface area contributed by atoms with Gasteiger partial charge in [0.05, 0.1) is 11.4 Å². The molecule has 0 aliphatic rings. The Morgan fingerprint density at radius 2 is 1.77 bits per heavy atom. The molecular weight excluding hydrogens is 301 g/mol. The molecule has 2 aromatic carbocycles. The molecule has 0 fully saturated rings. The van der Waals surface area contributed by atoms with Gasteiger partial charge >= 0.3 is 0 Å². The molecule has 2 rings (SSSR count). The van der Waals surface area contributed by atoms with Crippen molar-refractivity contribution in [3.63, 3.8) is 0 Å². The van der Waals surface area contributed by atoms with E-state index in [2.05, 4.69) is 16.6 Å². The standard InChI is InChI=1S/C17H16FNO2S/c1-13-5-6-14(2)17(12-13)22(20,21)19-11-3-4-15-7-9-16(18)10-8-15/h5-10,12,19H,11H2,1-2H3. The van der Waals surface area contributed by atoms with Crippen LogP contribution in [0.3, 0.4) is 0 Å². The molecule has 2 aromatic rings. The molecule has 1 N–H and O–H groups in total. The van der Waals surface area contributed by atoms with Gasteiger partial charge in [-0.1, -0.05) is 24.0 Å². The Hall–Kier alpha value is -2.16. The van der Waals surface area contributed by atoms with Gasteiger partial charge in [-0.3, -0.25) is 0 Å². The van der Waals surface area contributed by atoms with Crippen molar-refractivity contribution in [1.82, 2.24) is 4.72 Å². The fraction of sp³-hybridized carbons (Fsp3) is 0.176. The summed E-state index contributed by atoms with van der Waals surface area (Å²) in [7, 11) is -3.59. The number of nitrogens with one attached hydrogen (secondary N) is 1. The smallest absolute Gasteiger partial charge is 0.207 e. The lowest BCUT2D eigenvalue weighted by Gasteiger charge is -2.08. The summed E-state index contributed by atoms with van der Waals surface area (Å²) in [6, 6.07) is 11.0. The number of aryl methyl sites for hydroxylation is 2. The number of hydrogen-bond donors (Lipinski definition) is 1. The predicted molar refractivity (Wildman–Crippen MR) is 84.4 cm³/mol. The Kier molecular flexibility index (Phi) is 4.96. The molecule has 5 heteroatoms. The largest absolute Gasteiger partial charge is 0.241 e. The van der Waals surface area contributed by atoms with Crippen LogP contribution in [0.25, 0.3) is 0 Å². The highest BCUT2D eigenvalue weighted by Crippen LogP contribution is 2.16. The van der Waals surface area contributed by atoms with Crippen LogP contribution in [0.2, 0.25) is 0 Å². The Balaban J connectivity index is 2.08. The van der Waals surface area contributed by atoms with Crippen LogP contribution in [0, 0.1) is 31.5 Å². The van der Waals surface area contributed by atoms with Gasteiger partial charge in [-0.15, -0.1) is 0 Å². The highest BCUT2D eigenvalue weighted by atomic mass is 32.2. The van der Waals surface area contributed by atoms with Crippen molar-refractivity contribution in [3.8, 4) is 11.8 Å². The summed E-state index contributed by atoms with van der Waals surface area (Å²) in [6.07, 6.45) is 0. The highest BCUT2D eigenvalue weighted by molar-refractivity contribution is 7.89. The second-order valence-electron chi connectivity index (χ2n) is 4.90. The van der Waals surface area contributed by atoms with E-state index in [0.717, 1.165) is 5.56 Å². The molecule has 0 radical (unpaired) electrons. The predicted octanol–water partition coefficient (Wildman–Crippen LogP) is 2.77. The average molecular weight is 317 g/mol. The zero-order valence-corrected chi connectivity index (χ0v) is 13.2. The van der Waals surface area contributed by atoms with E-state index < -0.39 is 10.0 Å². The molecule has 0 heterocycles. The average Bonchev–Trinajstić information content (AvgIpc) is 2.48. The van der Waals surface area contributed by atoms with Gasteiger partial charge in [0, 0.05) is 5.56 Å². The van der Waals surface area contributed by atoms with E-state index in [4.69, 9.17) is 0 Å². The second-order valence-corrected chi connectivity index (χ2v) is 6.64. The van der Waals surface area contributed by atoms with Crippen LogP contribution in [-0.2, 0) is 10.0 Å². The van der Waals surface area contributed by atoms with E-state index >= 15 is 0 Å². The third kappa shape index (κ3) is 4.17. The first-order valence-electron chi connectivity index (χ1n) is 6.70. The molecule has 0 aliphatic heterocycles. The van der Waals surface area contributed by atoms with Crippen LogP contribution < -0.4 is 4.72 Å².